The van der Waals surface area contributed by atoms with Crippen molar-refractivity contribution in [2.45, 2.75) is 9.79 Å². The average molecular weight is 387 g/mol. The highest BCUT2D eigenvalue weighted by Gasteiger charge is 2.36. The van der Waals surface area contributed by atoms with E-state index in [0.717, 1.165) is 16.3 Å². The van der Waals surface area contributed by atoms with E-state index < -0.39 is 58.9 Å². The summed E-state index contributed by atoms with van der Waals surface area (Å²) in [7, 11) is -10.5. The summed E-state index contributed by atoms with van der Waals surface area (Å²) in [6, 6.07) is 5.75. The van der Waals surface area contributed by atoms with E-state index in [1.807, 2.05) is 0 Å². The molecule has 0 bridgehead atoms. The highest BCUT2D eigenvalue weighted by atomic mass is 32.3. The molecule has 0 unspecified atom stereocenters. The SMILES string of the molecule is O=S(=O)(NS(=O)(=O)c1c(F)c(F)c(F)c(F)c1F)c1ccccc1. The molecule has 0 aromatic heterocycles. The third kappa shape index (κ3) is 3.12. The molecule has 2 rings (SSSR count). The Morgan fingerprint density at radius 2 is 1.04 bits per heavy atom. The van der Waals surface area contributed by atoms with Gasteiger partial charge in [0.05, 0.1) is 4.90 Å². The molecule has 130 valence electrons. The summed E-state index contributed by atoms with van der Waals surface area (Å²) >= 11 is 0. The van der Waals surface area contributed by atoms with Gasteiger partial charge >= 0.3 is 0 Å². The molecule has 0 heterocycles. The second-order valence-electron chi connectivity index (χ2n) is 4.30. The Morgan fingerprint density at radius 1 is 0.625 bits per heavy atom. The molecule has 12 heteroatoms. The molecule has 0 aliphatic heterocycles. The standard InChI is InChI=1S/C12H6F5NO4S2/c13-7-8(14)10(16)12(11(17)9(7)15)24(21,22)18-23(19,20)6-4-2-1-3-5-6/h1-5,18H. The Balaban J connectivity index is 2.62. The number of hydrogen-bond donors (Lipinski definition) is 1. The maximum Gasteiger partial charge on any atom is 0.259 e. The minimum atomic E-state index is -5.62. The van der Waals surface area contributed by atoms with Gasteiger partial charge in [0.25, 0.3) is 20.0 Å². The molecular weight excluding hydrogens is 381 g/mol. The number of halogens is 5. The second-order valence-corrected chi connectivity index (χ2v) is 7.86. The Morgan fingerprint density at radius 3 is 1.50 bits per heavy atom. The Labute approximate surface area is 132 Å². The molecule has 0 fully saturated rings. The zero-order chi connectivity index (χ0) is 18.3. The molecular formula is C12H6F5NO4S2. The first-order chi connectivity index (χ1) is 11.0. The molecule has 0 aliphatic rings. The van der Waals surface area contributed by atoms with Crippen LogP contribution in [0.4, 0.5) is 22.0 Å². The van der Waals surface area contributed by atoms with Crippen LogP contribution >= 0.6 is 0 Å². The first-order valence-corrected chi connectivity index (χ1v) is 8.81. The minimum absolute atomic E-state index is 0.600. The smallest absolute Gasteiger partial charge is 0.206 e. The normalized spacial score (nSPS) is 12.4. The van der Waals surface area contributed by atoms with E-state index >= 15 is 0 Å². The summed E-state index contributed by atoms with van der Waals surface area (Å²) in [6.45, 7) is 0. The Bertz CT molecular complexity index is 978. The van der Waals surface area contributed by atoms with Gasteiger partial charge in [-0.05, 0) is 12.1 Å². The zero-order valence-corrected chi connectivity index (χ0v) is 12.9. The van der Waals surface area contributed by atoms with Crippen molar-refractivity contribution in [1.82, 2.24) is 4.13 Å². The highest BCUT2D eigenvalue weighted by Crippen LogP contribution is 2.27. The van der Waals surface area contributed by atoms with Gasteiger partial charge in [-0.3, -0.25) is 0 Å². The fourth-order valence-corrected chi connectivity index (χ4v) is 4.69. The first kappa shape index (κ1) is 18.3. The molecule has 2 aromatic rings. The van der Waals surface area contributed by atoms with Gasteiger partial charge in [-0.15, -0.1) is 4.13 Å². The molecule has 0 aliphatic carbocycles. The summed E-state index contributed by atoms with van der Waals surface area (Å²) in [5.41, 5.74) is 0. The lowest BCUT2D eigenvalue weighted by atomic mass is 10.3. The molecule has 1 N–H and O–H groups in total. The van der Waals surface area contributed by atoms with Gasteiger partial charge in [0.1, 0.15) is 0 Å². The van der Waals surface area contributed by atoms with Crippen molar-refractivity contribution in [2.75, 3.05) is 0 Å². The van der Waals surface area contributed by atoms with E-state index in [0.29, 0.717) is 0 Å². The van der Waals surface area contributed by atoms with E-state index in [-0.39, 0.29) is 0 Å². The number of rotatable bonds is 4. The van der Waals surface area contributed by atoms with Crippen molar-refractivity contribution >= 4 is 20.0 Å². The number of hydrogen-bond acceptors (Lipinski definition) is 4. The summed E-state index contributed by atoms with van der Waals surface area (Å²) in [5, 5.41) is 0. The van der Waals surface area contributed by atoms with Crippen molar-refractivity contribution in [3.63, 3.8) is 0 Å². The predicted molar refractivity (Wildman–Crippen MR) is 70.2 cm³/mol. The van der Waals surface area contributed by atoms with Crippen molar-refractivity contribution in [3.8, 4) is 0 Å². The van der Waals surface area contributed by atoms with Gasteiger partial charge in [0, 0.05) is 0 Å². The van der Waals surface area contributed by atoms with Crippen LogP contribution in [0.25, 0.3) is 0 Å². The average Bonchev–Trinajstić information content (AvgIpc) is 2.51. The summed E-state index contributed by atoms with van der Waals surface area (Å²) in [6.07, 6.45) is 0. The van der Waals surface area contributed by atoms with Crippen molar-refractivity contribution in [3.05, 3.63) is 59.4 Å². The fourth-order valence-electron chi connectivity index (χ4n) is 1.65. The van der Waals surface area contributed by atoms with Crippen LogP contribution in [-0.2, 0) is 20.0 Å². The van der Waals surface area contributed by atoms with Crippen LogP contribution in [0.3, 0.4) is 0 Å². The maximum absolute atomic E-state index is 13.5. The fraction of sp³-hybridized carbons (Fsp3) is 0. The van der Waals surface area contributed by atoms with Crippen molar-refractivity contribution < 1.29 is 38.8 Å². The third-order valence-corrected chi connectivity index (χ3v) is 6.26. The van der Waals surface area contributed by atoms with Crippen LogP contribution in [0.15, 0.2) is 40.1 Å². The molecule has 0 amide bonds. The summed E-state index contributed by atoms with van der Waals surface area (Å²) in [4.78, 5) is -2.89. The molecule has 2 aromatic carbocycles. The quantitative estimate of drug-likeness (QED) is 0.495. The minimum Gasteiger partial charge on any atom is -0.206 e. The van der Waals surface area contributed by atoms with Crippen LogP contribution in [0.1, 0.15) is 0 Å². The van der Waals surface area contributed by atoms with Crippen LogP contribution in [0.2, 0.25) is 0 Å². The van der Waals surface area contributed by atoms with Crippen LogP contribution < -0.4 is 4.13 Å². The van der Waals surface area contributed by atoms with Gasteiger partial charge in [-0.25, -0.2) is 38.8 Å². The zero-order valence-electron chi connectivity index (χ0n) is 11.2. The molecule has 0 spiro atoms. The van der Waals surface area contributed by atoms with E-state index in [1.165, 1.54) is 18.2 Å². The van der Waals surface area contributed by atoms with E-state index in [4.69, 9.17) is 0 Å². The summed E-state index contributed by atoms with van der Waals surface area (Å²) < 4.78 is 115. The first-order valence-electron chi connectivity index (χ1n) is 5.84. The van der Waals surface area contributed by atoms with E-state index in [2.05, 4.69) is 0 Å². The summed E-state index contributed by atoms with van der Waals surface area (Å²) in [5.74, 6) is -13.0. The van der Waals surface area contributed by atoms with Gasteiger partial charge < -0.3 is 0 Å². The lowest BCUT2D eigenvalue weighted by molar-refractivity contribution is 0.357. The second kappa shape index (κ2) is 6.11. The van der Waals surface area contributed by atoms with E-state index in [9.17, 15) is 38.8 Å². The maximum atomic E-state index is 13.5. The number of benzene rings is 2. The third-order valence-electron chi connectivity index (χ3n) is 2.71. The van der Waals surface area contributed by atoms with Gasteiger partial charge in [-0.2, -0.15) is 0 Å². The molecule has 0 saturated carbocycles. The van der Waals surface area contributed by atoms with Crippen molar-refractivity contribution in [1.29, 1.82) is 0 Å². The molecule has 0 atom stereocenters. The number of sulfonamides is 2. The lowest BCUT2D eigenvalue weighted by Crippen LogP contribution is -2.32. The molecule has 0 saturated heterocycles. The Kier molecular flexibility index (Phi) is 4.65. The topological polar surface area (TPSA) is 80.3 Å². The largest absolute Gasteiger partial charge is 0.259 e. The highest BCUT2D eigenvalue weighted by molar-refractivity contribution is 8.04. The number of nitrogens with one attached hydrogen (secondary N) is 1. The van der Waals surface area contributed by atoms with Gasteiger partial charge in [-0.1, -0.05) is 18.2 Å². The molecule has 0 radical (unpaired) electrons. The van der Waals surface area contributed by atoms with Crippen LogP contribution in [-0.4, -0.2) is 16.8 Å². The Hall–Kier alpha value is -2.05. The lowest BCUT2D eigenvalue weighted by Gasteiger charge is -2.11. The van der Waals surface area contributed by atoms with Gasteiger partial charge in [0.2, 0.25) is 5.82 Å². The molecule has 5 nitrogen and oxygen atoms in total. The monoisotopic (exact) mass is 387 g/mol. The molecule has 24 heavy (non-hydrogen) atoms. The van der Waals surface area contributed by atoms with E-state index in [1.54, 1.807) is 0 Å². The van der Waals surface area contributed by atoms with Crippen molar-refractivity contribution in [2.24, 2.45) is 0 Å². The van der Waals surface area contributed by atoms with Crippen LogP contribution in [0, 0.1) is 29.1 Å². The van der Waals surface area contributed by atoms with Crippen LogP contribution in [0.5, 0.6) is 0 Å². The van der Waals surface area contributed by atoms with Gasteiger partial charge in [0.15, 0.2) is 28.2 Å². The predicted octanol–water partition coefficient (Wildman–Crippen LogP) is 2.05.